The third-order valence-corrected chi connectivity index (χ3v) is 4.62. The molecular weight excluding hydrogens is 376 g/mol. The molecule has 3 aromatic rings. The summed E-state index contributed by atoms with van der Waals surface area (Å²) in [5.74, 6) is 2.12. The molecule has 0 fully saturated rings. The van der Waals surface area contributed by atoms with Crippen LogP contribution in [0.5, 0.6) is 11.5 Å². The maximum absolute atomic E-state index is 11.3. The topological polar surface area (TPSA) is 91.4 Å². The standard InChI is InChI=1S/C20H22N4O3S/c1-26-18-9-8-15(10-14(18)12-23-28(3)25)24-20-11-17(21-13-22-20)16-6-4-5-7-19(16)27-2/h4-11,13,23H,12H2,1-3H3,(H,21,22,24). The molecule has 28 heavy (non-hydrogen) atoms. The zero-order valence-electron chi connectivity index (χ0n) is 15.9. The highest BCUT2D eigenvalue weighted by molar-refractivity contribution is 7.88. The second-order valence-corrected chi connectivity index (χ2v) is 7.11. The van der Waals surface area contributed by atoms with Gasteiger partial charge in [-0.2, -0.15) is 0 Å². The highest BCUT2D eigenvalue weighted by Gasteiger charge is 2.10. The molecule has 3 rings (SSSR count). The van der Waals surface area contributed by atoms with E-state index in [2.05, 4.69) is 20.0 Å². The summed E-state index contributed by atoms with van der Waals surface area (Å²) in [6.45, 7) is 0.429. The van der Waals surface area contributed by atoms with Gasteiger partial charge in [-0.1, -0.05) is 12.1 Å². The van der Waals surface area contributed by atoms with E-state index < -0.39 is 11.4 Å². The molecule has 1 unspecified atom stereocenters. The molecule has 0 aliphatic rings. The minimum absolute atomic E-state index is 0.429. The summed E-state index contributed by atoms with van der Waals surface area (Å²) < 4.78 is 25.0. The van der Waals surface area contributed by atoms with Crippen molar-refractivity contribution < 1.29 is 14.0 Å². The van der Waals surface area contributed by atoms with Gasteiger partial charge >= 0.3 is 0 Å². The van der Waals surface area contributed by atoms with Gasteiger partial charge in [0, 0.05) is 34.2 Å². The van der Waals surface area contributed by atoms with Crippen molar-refractivity contribution in [3.8, 4) is 22.8 Å². The number of hydrogen-bond acceptors (Lipinski definition) is 7. The normalized spacial score (nSPS) is 11.7. The molecule has 0 amide bonds. The summed E-state index contributed by atoms with van der Waals surface area (Å²) in [6.07, 6.45) is 3.10. The lowest BCUT2D eigenvalue weighted by Gasteiger charge is -2.13. The molecule has 0 spiro atoms. The summed E-state index contributed by atoms with van der Waals surface area (Å²) in [7, 11) is 3.24. The molecule has 0 aliphatic carbocycles. The molecule has 8 heteroatoms. The Morgan fingerprint density at radius 2 is 1.79 bits per heavy atom. The van der Waals surface area contributed by atoms with Crippen molar-refractivity contribution in [1.29, 1.82) is 0 Å². The second kappa shape index (κ2) is 9.41. The molecular formula is C20H22N4O3S. The highest BCUT2D eigenvalue weighted by atomic mass is 32.2. The monoisotopic (exact) mass is 398 g/mol. The Hall–Kier alpha value is -2.81. The van der Waals surface area contributed by atoms with Crippen molar-refractivity contribution in [2.45, 2.75) is 6.54 Å². The number of nitrogens with one attached hydrogen (secondary N) is 2. The zero-order valence-corrected chi connectivity index (χ0v) is 16.7. The quantitative estimate of drug-likeness (QED) is 0.563. The molecule has 0 saturated heterocycles. The lowest BCUT2D eigenvalue weighted by Crippen LogP contribution is -2.21. The Labute approximate surface area is 167 Å². The number of anilines is 2. The maximum atomic E-state index is 11.3. The average Bonchev–Trinajstić information content (AvgIpc) is 2.72. The van der Waals surface area contributed by atoms with Gasteiger partial charge in [0.1, 0.15) is 29.9 Å². The number of para-hydroxylation sites is 1. The first-order valence-corrected chi connectivity index (χ1v) is 10.1. The van der Waals surface area contributed by atoms with Gasteiger partial charge in [-0.15, -0.1) is 4.72 Å². The van der Waals surface area contributed by atoms with Crippen LogP contribution in [-0.4, -0.2) is 35.0 Å². The zero-order chi connectivity index (χ0) is 19.9. The van der Waals surface area contributed by atoms with E-state index in [1.165, 1.54) is 6.33 Å². The molecule has 0 bridgehead atoms. The fourth-order valence-electron chi connectivity index (χ4n) is 2.75. The number of aromatic nitrogens is 2. The van der Waals surface area contributed by atoms with Crippen molar-refractivity contribution in [3.63, 3.8) is 0 Å². The van der Waals surface area contributed by atoms with Gasteiger partial charge in [0.15, 0.2) is 0 Å². The van der Waals surface area contributed by atoms with E-state index in [1.807, 2.05) is 48.5 Å². The molecule has 1 aromatic heterocycles. The predicted octanol–water partition coefficient (Wildman–Crippen LogP) is 3.29. The number of hydrogen-bond donors (Lipinski definition) is 2. The Morgan fingerprint density at radius 1 is 1.00 bits per heavy atom. The van der Waals surface area contributed by atoms with Crippen molar-refractivity contribution in [2.75, 3.05) is 25.8 Å². The van der Waals surface area contributed by atoms with Crippen LogP contribution in [0, 0.1) is 0 Å². The van der Waals surface area contributed by atoms with Gasteiger partial charge in [0.05, 0.1) is 26.5 Å². The highest BCUT2D eigenvalue weighted by Crippen LogP contribution is 2.30. The summed E-state index contributed by atoms with van der Waals surface area (Å²) >= 11 is -1.11. The van der Waals surface area contributed by atoms with Crippen LogP contribution in [0.2, 0.25) is 0 Å². The second-order valence-electron chi connectivity index (χ2n) is 5.92. The lowest BCUT2D eigenvalue weighted by atomic mass is 10.1. The van der Waals surface area contributed by atoms with Crippen molar-refractivity contribution in [3.05, 3.63) is 60.4 Å². The Balaban J connectivity index is 1.85. The Bertz CT molecular complexity index is 937. The fraction of sp³-hybridized carbons (Fsp3) is 0.200. The van der Waals surface area contributed by atoms with Gasteiger partial charge in [0.2, 0.25) is 0 Å². The van der Waals surface area contributed by atoms with Crippen molar-refractivity contribution in [2.24, 2.45) is 0 Å². The Kier molecular flexibility index (Phi) is 6.70. The number of nitrogens with zero attached hydrogens (tertiary/aromatic N) is 2. The molecule has 2 N–H and O–H groups in total. The SMILES string of the molecule is COc1ccc(Nc2cc(-c3ccccc3OC)ncn2)cc1CN[S+](C)[O-]. The van der Waals surface area contributed by atoms with Gasteiger partial charge in [-0.3, -0.25) is 0 Å². The number of ether oxygens (including phenoxy) is 2. The van der Waals surface area contributed by atoms with Gasteiger partial charge in [-0.05, 0) is 30.3 Å². The lowest BCUT2D eigenvalue weighted by molar-refractivity contribution is 0.409. The van der Waals surface area contributed by atoms with Crippen LogP contribution in [-0.2, 0) is 17.9 Å². The molecule has 1 atom stereocenters. The van der Waals surface area contributed by atoms with Gasteiger partial charge in [-0.25, -0.2) is 9.97 Å². The Morgan fingerprint density at radius 3 is 2.54 bits per heavy atom. The fourth-order valence-corrected chi connectivity index (χ4v) is 3.11. The largest absolute Gasteiger partial charge is 0.598 e. The number of rotatable bonds is 8. The van der Waals surface area contributed by atoms with Crippen LogP contribution >= 0.6 is 0 Å². The molecule has 0 radical (unpaired) electrons. The molecule has 146 valence electrons. The van der Waals surface area contributed by atoms with Crippen LogP contribution in [0.4, 0.5) is 11.5 Å². The van der Waals surface area contributed by atoms with Crippen molar-refractivity contribution >= 4 is 22.9 Å². The van der Waals surface area contributed by atoms with E-state index in [-0.39, 0.29) is 0 Å². The molecule has 0 saturated carbocycles. The molecule has 0 aliphatic heterocycles. The van der Waals surface area contributed by atoms with E-state index in [0.29, 0.717) is 12.4 Å². The smallest absolute Gasteiger partial charge is 0.134 e. The summed E-state index contributed by atoms with van der Waals surface area (Å²) in [6, 6.07) is 15.3. The van der Waals surface area contributed by atoms with E-state index >= 15 is 0 Å². The van der Waals surface area contributed by atoms with E-state index in [1.54, 1.807) is 20.5 Å². The van der Waals surface area contributed by atoms with E-state index in [4.69, 9.17) is 9.47 Å². The minimum Gasteiger partial charge on any atom is -0.598 e. The minimum atomic E-state index is -1.11. The van der Waals surface area contributed by atoms with Crippen molar-refractivity contribution in [1.82, 2.24) is 14.7 Å². The average molecular weight is 398 g/mol. The van der Waals surface area contributed by atoms with Gasteiger partial charge < -0.3 is 19.3 Å². The van der Waals surface area contributed by atoms with Crippen LogP contribution < -0.4 is 19.5 Å². The van der Waals surface area contributed by atoms with E-state index in [0.717, 1.165) is 34.0 Å². The maximum Gasteiger partial charge on any atom is 0.134 e. The third-order valence-electron chi connectivity index (χ3n) is 4.07. The van der Waals surface area contributed by atoms with Gasteiger partial charge in [0.25, 0.3) is 0 Å². The predicted molar refractivity (Wildman–Crippen MR) is 111 cm³/mol. The third kappa shape index (κ3) is 4.92. The molecule has 7 nitrogen and oxygen atoms in total. The summed E-state index contributed by atoms with van der Waals surface area (Å²) in [5, 5.41) is 3.28. The number of methoxy groups -OCH3 is 2. The summed E-state index contributed by atoms with van der Waals surface area (Å²) in [5.41, 5.74) is 3.37. The molecule has 2 aromatic carbocycles. The first-order chi connectivity index (χ1) is 13.6. The van der Waals surface area contributed by atoms with Crippen LogP contribution in [0.25, 0.3) is 11.3 Å². The van der Waals surface area contributed by atoms with Crippen LogP contribution in [0.3, 0.4) is 0 Å². The first kappa shape index (κ1) is 19.9. The molecule has 1 heterocycles. The number of benzene rings is 2. The van der Waals surface area contributed by atoms with Crippen LogP contribution in [0.15, 0.2) is 54.9 Å². The summed E-state index contributed by atoms with van der Waals surface area (Å²) in [4.78, 5) is 8.66. The van der Waals surface area contributed by atoms with Crippen LogP contribution in [0.1, 0.15) is 5.56 Å². The van der Waals surface area contributed by atoms with E-state index in [9.17, 15) is 4.55 Å². The first-order valence-electron chi connectivity index (χ1n) is 8.57.